The zero-order valence-corrected chi connectivity index (χ0v) is 16.9. The molecule has 0 aliphatic heterocycles. The van der Waals surface area contributed by atoms with Gasteiger partial charge in [-0.2, -0.15) is 0 Å². The van der Waals surface area contributed by atoms with Crippen LogP contribution in [0.25, 0.3) is 22.2 Å². The number of carbonyl (C=O) groups is 2. The summed E-state index contributed by atoms with van der Waals surface area (Å²) >= 11 is 5.90. The Hall–Kier alpha value is -3.00. The van der Waals surface area contributed by atoms with E-state index in [1.54, 1.807) is 26.8 Å². The smallest absolute Gasteiger partial charge is 0.358 e. The van der Waals surface area contributed by atoms with Crippen molar-refractivity contribution in [2.24, 2.45) is 5.41 Å². The average molecular weight is 422 g/mol. The van der Waals surface area contributed by atoms with Gasteiger partial charge in [0.15, 0.2) is 17.3 Å². The highest BCUT2D eigenvalue weighted by atomic mass is 35.5. The molecule has 0 spiro atoms. The second-order valence-electron chi connectivity index (χ2n) is 7.45. The van der Waals surface area contributed by atoms with Crippen LogP contribution in [-0.4, -0.2) is 28.5 Å². The standard InChI is InChI=1S/C20H18ClF2N3O3/c1-20(2,3)19(28)26-8-7-9-5-6-10(12(22)17(9)26)15-13(23)14(24)11(21)16(25-15)18(27)29-4/h5-8H,1-4H3,(H2,24,25). The molecular weight excluding hydrogens is 404 g/mol. The van der Waals surface area contributed by atoms with Crippen LogP contribution in [0.15, 0.2) is 24.4 Å². The Kier molecular flexibility index (Phi) is 5.08. The maximum atomic E-state index is 15.5. The maximum absolute atomic E-state index is 15.5. The Morgan fingerprint density at radius 3 is 2.41 bits per heavy atom. The van der Waals surface area contributed by atoms with Crippen molar-refractivity contribution in [2.45, 2.75) is 20.8 Å². The Balaban J connectivity index is 2.32. The molecule has 3 rings (SSSR count). The number of ether oxygens (including phenoxy) is 1. The van der Waals surface area contributed by atoms with Crippen molar-refractivity contribution in [3.63, 3.8) is 0 Å². The molecule has 2 N–H and O–H groups in total. The lowest BCUT2D eigenvalue weighted by molar-refractivity contribution is 0.0594. The summed E-state index contributed by atoms with van der Waals surface area (Å²) in [5.41, 5.74) is 3.06. The van der Waals surface area contributed by atoms with E-state index < -0.39 is 45.1 Å². The summed E-state index contributed by atoms with van der Waals surface area (Å²) in [4.78, 5) is 28.5. The first-order chi connectivity index (χ1) is 13.5. The quantitative estimate of drug-likeness (QED) is 0.606. The number of esters is 1. The summed E-state index contributed by atoms with van der Waals surface area (Å²) in [6.07, 6.45) is 1.45. The Morgan fingerprint density at radius 1 is 1.17 bits per heavy atom. The van der Waals surface area contributed by atoms with Crippen LogP contribution in [0.3, 0.4) is 0 Å². The number of carbonyl (C=O) groups excluding carboxylic acids is 2. The van der Waals surface area contributed by atoms with Crippen LogP contribution in [0, 0.1) is 17.0 Å². The van der Waals surface area contributed by atoms with Crippen LogP contribution in [-0.2, 0) is 4.74 Å². The van der Waals surface area contributed by atoms with Crippen molar-refractivity contribution in [1.82, 2.24) is 9.55 Å². The van der Waals surface area contributed by atoms with Gasteiger partial charge in [-0.25, -0.2) is 18.6 Å². The fourth-order valence-corrected chi connectivity index (χ4v) is 3.08. The first-order valence-corrected chi connectivity index (χ1v) is 8.94. The third-order valence-corrected chi connectivity index (χ3v) is 4.78. The summed E-state index contributed by atoms with van der Waals surface area (Å²) < 4.78 is 36.0. The number of aromatic nitrogens is 2. The van der Waals surface area contributed by atoms with E-state index in [2.05, 4.69) is 9.72 Å². The maximum Gasteiger partial charge on any atom is 0.358 e. The number of nitrogens with zero attached hydrogens (tertiary/aromatic N) is 2. The number of hydrogen-bond acceptors (Lipinski definition) is 5. The second-order valence-corrected chi connectivity index (χ2v) is 7.83. The fourth-order valence-electron chi connectivity index (χ4n) is 2.87. The SMILES string of the molecule is COC(=O)c1nc(-c2ccc3ccn(C(=O)C(C)(C)C)c3c2F)c(F)c(N)c1Cl. The number of nitrogens with two attached hydrogens (primary N) is 1. The fraction of sp³-hybridized carbons (Fsp3) is 0.250. The van der Waals surface area contributed by atoms with E-state index in [0.29, 0.717) is 5.39 Å². The van der Waals surface area contributed by atoms with Crippen LogP contribution in [0.2, 0.25) is 5.02 Å². The lowest BCUT2D eigenvalue weighted by Crippen LogP contribution is -2.26. The molecule has 0 aliphatic carbocycles. The van der Waals surface area contributed by atoms with E-state index >= 15 is 4.39 Å². The van der Waals surface area contributed by atoms with Crippen LogP contribution in [0.4, 0.5) is 14.5 Å². The first-order valence-electron chi connectivity index (χ1n) is 8.56. The van der Waals surface area contributed by atoms with Crippen LogP contribution >= 0.6 is 11.6 Å². The molecular formula is C20H18ClF2N3O3. The van der Waals surface area contributed by atoms with Gasteiger partial charge in [-0.05, 0) is 12.1 Å². The highest BCUT2D eigenvalue weighted by molar-refractivity contribution is 6.35. The van der Waals surface area contributed by atoms with Gasteiger partial charge in [0.05, 0.1) is 23.3 Å². The molecule has 29 heavy (non-hydrogen) atoms. The Labute approximate surface area is 170 Å². The molecule has 6 nitrogen and oxygen atoms in total. The molecule has 0 atom stereocenters. The van der Waals surface area contributed by atoms with Gasteiger partial charge in [0.2, 0.25) is 5.91 Å². The molecule has 0 radical (unpaired) electrons. The Bertz CT molecular complexity index is 1170. The summed E-state index contributed by atoms with van der Waals surface area (Å²) in [5.74, 6) is -3.26. The summed E-state index contributed by atoms with van der Waals surface area (Å²) in [5, 5.41) is 0.0188. The van der Waals surface area contributed by atoms with Gasteiger partial charge in [-0.15, -0.1) is 0 Å². The average Bonchev–Trinajstić information content (AvgIpc) is 3.10. The van der Waals surface area contributed by atoms with Crippen molar-refractivity contribution < 1.29 is 23.1 Å². The minimum atomic E-state index is -1.08. The number of anilines is 1. The van der Waals surface area contributed by atoms with Gasteiger partial charge >= 0.3 is 5.97 Å². The lowest BCUT2D eigenvalue weighted by atomic mass is 9.95. The number of fused-ring (bicyclic) bond motifs is 1. The molecule has 0 amide bonds. The van der Waals surface area contributed by atoms with Gasteiger partial charge in [0, 0.05) is 22.6 Å². The zero-order chi connectivity index (χ0) is 21.7. The van der Waals surface area contributed by atoms with Crippen LogP contribution in [0.5, 0.6) is 0 Å². The van der Waals surface area contributed by atoms with Crippen molar-refractivity contribution in [1.29, 1.82) is 0 Å². The Morgan fingerprint density at radius 2 is 1.83 bits per heavy atom. The minimum absolute atomic E-state index is 0.0308. The number of methoxy groups -OCH3 is 1. The summed E-state index contributed by atoms with van der Waals surface area (Å²) in [6.45, 7) is 5.10. The van der Waals surface area contributed by atoms with Crippen molar-refractivity contribution in [3.8, 4) is 11.3 Å². The van der Waals surface area contributed by atoms with Crippen molar-refractivity contribution in [2.75, 3.05) is 12.8 Å². The highest BCUT2D eigenvalue weighted by Gasteiger charge is 2.28. The van der Waals surface area contributed by atoms with E-state index in [0.717, 1.165) is 7.11 Å². The van der Waals surface area contributed by atoms with Gasteiger partial charge < -0.3 is 10.5 Å². The molecule has 9 heteroatoms. The highest BCUT2D eigenvalue weighted by Crippen LogP contribution is 2.36. The van der Waals surface area contributed by atoms with E-state index in [1.165, 1.54) is 22.9 Å². The molecule has 2 heterocycles. The van der Waals surface area contributed by atoms with Crippen molar-refractivity contribution in [3.05, 3.63) is 46.7 Å². The monoisotopic (exact) mass is 421 g/mol. The number of halogens is 3. The molecule has 0 saturated carbocycles. The van der Waals surface area contributed by atoms with Gasteiger partial charge in [0.25, 0.3) is 0 Å². The number of benzene rings is 1. The number of hydrogen-bond donors (Lipinski definition) is 1. The molecule has 0 bridgehead atoms. The van der Waals surface area contributed by atoms with E-state index in [-0.39, 0.29) is 17.0 Å². The van der Waals surface area contributed by atoms with Gasteiger partial charge in [-0.3, -0.25) is 9.36 Å². The largest absolute Gasteiger partial charge is 0.464 e. The topological polar surface area (TPSA) is 87.2 Å². The molecule has 0 aliphatic rings. The van der Waals surface area contributed by atoms with Crippen molar-refractivity contribution >= 4 is 40.1 Å². The zero-order valence-electron chi connectivity index (χ0n) is 16.1. The third kappa shape index (κ3) is 3.33. The molecule has 3 aromatic rings. The van der Waals surface area contributed by atoms with E-state index in [4.69, 9.17) is 17.3 Å². The molecule has 1 aromatic carbocycles. The lowest BCUT2D eigenvalue weighted by Gasteiger charge is -2.18. The molecule has 0 saturated heterocycles. The number of nitrogen functional groups attached to an aromatic ring is 1. The number of pyridine rings is 1. The normalized spacial score (nSPS) is 11.7. The van der Waals surface area contributed by atoms with Gasteiger partial charge in [0.1, 0.15) is 5.69 Å². The van der Waals surface area contributed by atoms with E-state index in [1.807, 2.05) is 0 Å². The third-order valence-electron chi connectivity index (χ3n) is 4.40. The van der Waals surface area contributed by atoms with E-state index in [9.17, 15) is 14.0 Å². The second kappa shape index (κ2) is 7.11. The van der Waals surface area contributed by atoms with Gasteiger partial charge in [-0.1, -0.05) is 38.4 Å². The van der Waals surface area contributed by atoms with Crippen LogP contribution in [0.1, 0.15) is 36.1 Å². The molecule has 2 aromatic heterocycles. The summed E-state index contributed by atoms with van der Waals surface area (Å²) in [7, 11) is 1.09. The molecule has 0 unspecified atom stereocenters. The number of rotatable bonds is 2. The predicted molar refractivity (Wildman–Crippen MR) is 106 cm³/mol. The summed E-state index contributed by atoms with van der Waals surface area (Å²) in [6, 6.07) is 4.39. The van der Waals surface area contributed by atoms with Crippen LogP contribution < -0.4 is 5.73 Å². The predicted octanol–water partition coefficient (Wildman–Crippen LogP) is 4.69. The minimum Gasteiger partial charge on any atom is -0.464 e. The first kappa shape index (κ1) is 20.7. The molecule has 152 valence electrons. The molecule has 0 fully saturated rings.